The van der Waals surface area contributed by atoms with E-state index >= 15 is 0 Å². The van der Waals surface area contributed by atoms with Crippen molar-refractivity contribution in [3.63, 3.8) is 0 Å². The summed E-state index contributed by atoms with van der Waals surface area (Å²) in [6.07, 6.45) is 1.30. The Kier molecular flexibility index (Phi) is 5.87. The highest BCUT2D eigenvalue weighted by molar-refractivity contribution is 7.80. The molecule has 7 nitrogen and oxygen atoms in total. The largest absolute Gasteiger partial charge is 0.507 e. The second-order valence-electron chi connectivity index (χ2n) is 6.79. The Morgan fingerprint density at radius 2 is 1.59 bits per heavy atom. The van der Waals surface area contributed by atoms with Crippen LogP contribution in [0.15, 0.2) is 78.4 Å². The van der Waals surface area contributed by atoms with Crippen molar-refractivity contribution in [1.29, 1.82) is 0 Å². The molecular formula is C24H18N2O5S. The van der Waals surface area contributed by atoms with Crippen LogP contribution in [-0.2, 0) is 9.59 Å². The number of ether oxygens (including phenoxy) is 2. The van der Waals surface area contributed by atoms with Gasteiger partial charge in [0.2, 0.25) is 0 Å². The van der Waals surface area contributed by atoms with E-state index in [2.05, 4.69) is 5.32 Å². The van der Waals surface area contributed by atoms with E-state index in [1.165, 1.54) is 30.2 Å². The zero-order chi connectivity index (χ0) is 22.7. The van der Waals surface area contributed by atoms with Gasteiger partial charge in [-0.1, -0.05) is 18.2 Å². The first kappa shape index (κ1) is 21.1. The highest BCUT2D eigenvalue weighted by Gasteiger charge is 2.34. The fraction of sp³-hybridized carbons (Fsp3) is 0.0417. The van der Waals surface area contributed by atoms with Crippen molar-refractivity contribution in [3.05, 3.63) is 83.9 Å². The molecule has 0 saturated carbocycles. The van der Waals surface area contributed by atoms with Crippen molar-refractivity contribution >= 4 is 40.9 Å². The molecule has 4 rings (SSSR count). The molecule has 0 bridgehead atoms. The standard InChI is InChI=1S/C24H18N2O5S/c1-30-19-11-12-21(27)15(13-19)14-20-22(28)25-24(32)26(23(20)29)16-7-9-18(10-8-16)31-17-5-3-2-4-6-17/h2-14,27H,1H3,(H,25,28,32)/b20-14+. The third kappa shape index (κ3) is 4.30. The fourth-order valence-corrected chi connectivity index (χ4v) is 3.39. The minimum absolute atomic E-state index is 0.0382. The lowest BCUT2D eigenvalue weighted by Gasteiger charge is -2.29. The van der Waals surface area contributed by atoms with Crippen LogP contribution in [0.1, 0.15) is 5.56 Å². The SMILES string of the molecule is COc1ccc(O)c(/C=C2\C(=O)NC(=S)N(c3ccc(Oc4ccccc4)cc3)C2=O)c1. The number of phenolic OH excluding ortho intramolecular Hbond substituents is 1. The summed E-state index contributed by atoms with van der Waals surface area (Å²) in [5.74, 6) is 0.373. The van der Waals surface area contributed by atoms with Gasteiger partial charge in [-0.05, 0) is 72.9 Å². The minimum atomic E-state index is -0.650. The van der Waals surface area contributed by atoms with Gasteiger partial charge in [0, 0.05) is 5.56 Å². The Bertz CT molecular complexity index is 1220. The van der Waals surface area contributed by atoms with Crippen molar-refractivity contribution in [1.82, 2.24) is 5.32 Å². The Balaban J connectivity index is 1.62. The lowest BCUT2D eigenvalue weighted by molar-refractivity contribution is -0.122. The van der Waals surface area contributed by atoms with Crippen LogP contribution in [-0.4, -0.2) is 29.1 Å². The first-order chi connectivity index (χ1) is 15.5. The number of para-hydroxylation sites is 1. The molecule has 0 atom stereocenters. The van der Waals surface area contributed by atoms with Crippen LogP contribution in [0.4, 0.5) is 5.69 Å². The number of benzene rings is 3. The topological polar surface area (TPSA) is 88.1 Å². The molecule has 1 heterocycles. The molecule has 8 heteroatoms. The van der Waals surface area contributed by atoms with Gasteiger partial charge in [0.15, 0.2) is 5.11 Å². The van der Waals surface area contributed by atoms with Crippen molar-refractivity contribution in [2.45, 2.75) is 0 Å². The van der Waals surface area contributed by atoms with Crippen molar-refractivity contribution < 1.29 is 24.2 Å². The molecule has 1 saturated heterocycles. The summed E-state index contributed by atoms with van der Waals surface area (Å²) in [7, 11) is 1.48. The Morgan fingerprint density at radius 3 is 2.28 bits per heavy atom. The van der Waals surface area contributed by atoms with Gasteiger partial charge >= 0.3 is 0 Å². The zero-order valence-corrected chi connectivity index (χ0v) is 17.8. The van der Waals surface area contributed by atoms with Gasteiger partial charge in [-0.3, -0.25) is 19.8 Å². The molecule has 0 spiro atoms. The molecule has 3 aromatic carbocycles. The van der Waals surface area contributed by atoms with Crippen LogP contribution >= 0.6 is 12.2 Å². The molecule has 0 unspecified atom stereocenters. The number of phenols is 1. The zero-order valence-electron chi connectivity index (χ0n) is 16.9. The molecule has 0 aliphatic carbocycles. The summed E-state index contributed by atoms with van der Waals surface area (Å²) in [4.78, 5) is 26.8. The molecule has 1 aliphatic rings. The number of anilines is 1. The summed E-state index contributed by atoms with van der Waals surface area (Å²) >= 11 is 5.23. The van der Waals surface area contributed by atoms with Gasteiger partial charge in [-0.25, -0.2) is 0 Å². The van der Waals surface area contributed by atoms with Crippen LogP contribution < -0.4 is 19.7 Å². The van der Waals surface area contributed by atoms with Crippen LogP contribution in [0, 0.1) is 0 Å². The van der Waals surface area contributed by atoms with Crippen molar-refractivity contribution in [3.8, 4) is 23.0 Å². The molecule has 1 fully saturated rings. The number of nitrogens with one attached hydrogen (secondary N) is 1. The van der Waals surface area contributed by atoms with E-state index in [1.54, 1.807) is 30.3 Å². The molecular weight excluding hydrogens is 428 g/mol. The number of amides is 2. The molecule has 0 radical (unpaired) electrons. The molecule has 2 amide bonds. The fourth-order valence-electron chi connectivity index (χ4n) is 3.11. The van der Waals surface area contributed by atoms with E-state index in [-0.39, 0.29) is 22.0 Å². The van der Waals surface area contributed by atoms with Crippen LogP contribution in [0.2, 0.25) is 0 Å². The summed E-state index contributed by atoms with van der Waals surface area (Å²) in [5, 5.41) is 12.6. The summed E-state index contributed by atoms with van der Waals surface area (Å²) < 4.78 is 10.9. The number of hydrogen-bond acceptors (Lipinski definition) is 6. The van der Waals surface area contributed by atoms with Gasteiger partial charge < -0.3 is 14.6 Å². The summed E-state index contributed by atoms with van der Waals surface area (Å²) in [5.41, 5.74) is 0.551. The maximum atomic E-state index is 13.2. The summed E-state index contributed by atoms with van der Waals surface area (Å²) in [6, 6.07) is 20.5. The monoisotopic (exact) mass is 446 g/mol. The Hall–Kier alpha value is -4.17. The third-order valence-corrected chi connectivity index (χ3v) is 4.99. The third-order valence-electron chi connectivity index (χ3n) is 4.71. The van der Waals surface area contributed by atoms with E-state index < -0.39 is 11.8 Å². The highest BCUT2D eigenvalue weighted by atomic mass is 32.1. The molecule has 32 heavy (non-hydrogen) atoms. The van der Waals surface area contributed by atoms with E-state index in [0.29, 0.717) is 22.9 Å². The van der Waals surface area contributed by atoms with Crippen LogP contribution in [0.25, 0.3) is 6.08 Å². The van der Waals surface area contributed by atoms with Crippen molar-refractivity contribution in [2.24, 2.45) is 0 Å². The lowest BCUT2D eigenvalue weighted by atomic mass is 10.1. The molecule has 3 aromatic rings. The maximum absolute atomic E-state index is 13.2. The number of hydrogen-bond donors (Lipinski definition) is 2. The van der Waals surface area contributed by atoms with Gasteiger partial charge in [-0.2, -0.15) is 0 Å². The van der Waals surface area contributed by atoms with Gasteiger partial charge in [-0.15, -0.1) is 0 Å². The predicted octanol–water partition coefficient (Wildman–Crippen LogP) is 4.02. The quantitative estimate of drug-likeness (QED) is 0.350. The molecule has 0 aromatic heterocycles. The predicted molar refractivity (Wildman–Crippen MR) is 124 cm³/mol. The number of nitrogens with zero attached hydrogens (tertiary/aromatic N) is 1. The first-order valence-corrected chi connectivity index (χ1v) is 9.98. The highest BCUT2D eigenvalue weighted by Crippen LogP contribution is 2.29. The van der Waals surface area contributed by atoms with Crippen LogP contribution in [0.5, 0.6) is 23.0 Å². The van der Waals surface area contributed by atoms with Crippen molar-refractivity contribution in [2.75, 3.05) is 12.0 Å². The number of carbonyl (C=O) groups excluding carboxylic acids is 2. The second-order valence-corrected chi connectivity index (χ2v) is 7.18. The molecule has 2 N–H and O–H groups in total. The van der Waals surface area contributed by atoms with E-state index in [1.807, 2.05) is 30.3 Å². The van der Waals surface area contributed by atoms with Crippen LogP contribution in [0.3, 0.4) is 0 Å². The average molecular weight is 446 g/mol. The van der Waals surface area contributed by atoms with E-state index in [9.17, 15) is 14.7 Å². The molecule has 1 aliphatic heterocycles. The normalized spacial score (nSPS) is 15.0. The van der Waals surface area contributed by atoms with E-state index in [0.717, 1.165) is 0 Å². The van der Waals surface area contributed by atoms with Gasteiger partial charge in [0.05, 0.1) is 12.8 Å². The van der Waals surface area contributed by atoms with E-state index in [4.69, 9.17) is 21.7 Å². The molecule has 160 valence electrons. The Morgan fingerprint density at radius 1 is 0.938 bits per heavy atom. The number of thiocarbonyl (C=S) groups is 1. The lowest BCUT2D eigenvalue weighted by Crippen LogP contribution is -2.54. The first-order valence-electron chi connectivity index (χ1n) is 9.57. The summed E-state index contributed by atoms with van der Waals surface area (Å²) in [6.45, 7) is 0. The Labute approximate surface area is 189 Å². The maximum Gasteiger partial charge on any atom is 0.270 e. The van der Waals surface area contributed by atoms with Gasteiger partial charge in [0.1, 0.15) is 28.6 Å². The number of aromatic hydroxyl groups is 1. The second kappa shape index (κ2) is 8.91. The minimum Gasteiger partial charge on any atom is -0.507 e. The average Bonchev–Trinajstić information content (AvgIpc) is 2.79. The number of carbonyl (C=O) groups is 2. The smallest absolute Gasteiger partial charge is 0.270 e. The number of methoxy groups -OCH3 is 1. The number of rotatable bonds is 5. The van der Waals surface area contributed by atoms with Gasteiger partial charge in [0.25, 0.3) is 11.8 Å².